The van der Waals surface area contributed by atoms with Crippen LogP contribution in [0.1, 0.15) is 84.0 Å². The van der Waals surface area contributed by atoms with Crippen molar-refractivity contribution in [3.8, 4) is 0 Å². The van der Waals surface area contributed by atoms with Crippen molar-refractivity contribution in [2.24, 2.45) is 0 Å². The van der Waals surface area contributed by atoms with Crippen LogP contribution >= 0.6 is 24.8 Å². The SMILES string of the molecule is CCCCN1C(=O)[C@@H](CC2(O)CCCCC2)NC(=O)C12CCN(CCCCN(c1ccccc1)c1ccccc1)CC2.Cl.Cl. The summed E-state index contributed by atoms with van der Waals surface area (Å²) in [6, 6.07) is 20.5. The lowest BCUT2D eigenvalue weighted by Crippen LogP contribution is -2.73. The number of piperidine rings is 1. The molecule has 0 unspecified atom stereocenters. The molecule has 244 valence electrons. The minimum atomic E-state index is -0.841. The zero-order valence-corrected chi connectivity index (χ0v) is 27.9. The van der Waals surface area contributed by atoms with Gasteiger partial charge in [-0.15, -0.1) is 24.8 Å². The van der Waals surface area contributed by atoms with Crippen LogP contribution in [0, 0.1) is 0 Å². The number of aliphatic hydroxyl groups is 1. The topological polar surface area (TPSA) is 76.1 Å². The first-order valence-corrected chi connectivity index (χ1v) is 16.4. The minimum Gasteiger partial charge on any atom is -0.390 e. The highest BCUT2D eigenvalue weighted by Gasteiger charge is 2.54. The van der Waals surface area contributed by atoms with Gasteiger partial charge in [-0.25, -0.2) is 0 Å². The van der Waals surface area contributed by atoms with E-state index in [1.807, 2.05) is 4.90 Å². The van der Waals surface area contributed by atoms with Crippen LogP contribution in [0.5, 0.6) is 0 Å². The molecule has 1 atom stereocenters. The molecule has 2 N–H and O–H groups in total. The smallest absolute Gasteiger partial charge is 0.246 e. The molecule has 2 aliphatic heterocycles. The van der Waals surface area contributed by atoms with Crippen LogP contribution in [0.25, 0.3) is 0 Å². The van der Waals surface area contributed by atoms with E-state index in [0.29, 0.717) is 25.8 Å². The average molecular weight is 648 g/mol. The van der Waals surface area contributed by atoms with E-state index in [-0.39, 0.29) is 36.6 Å². The third-order valence-corrected chi connectivity index (χ3v) is 9.84. The minimum absolute atomic E-state index is 0. The van der Waals surface area contributed by atoms with Gasteiger partial charge in [0.2, 0.25) is 11.8 Å². The third kappa shape index (κ3) is 8.48. The van der Waals surface area contributed by atoms with Crippen LogP contribution in [-0.4, -0.2) is 76.6 Å². The van der Waals surface area contributed by atoms with Gasteiger partial charge in [0.25, 0.3) is 0 Å². The van der Waals surface area contributed by atoms with Gasteiger partial charge in [-0.3, -0.25) is 9.59 Å². The summed E-state index contributed by atoms with van der Waals surface area (Å²) >= 11 is 0. The quantitative estimate of drug-likeness (QED) is 0.258. The first-order chi connectivity index (χ1) is 20.4. The second kappa shape index (κ2) is 16.8. The first kappa shape index (κ1) is 36.2. The number of nitrogens with one attached hydrogen (secondary N) is 1. The molecule has 1 aliphatic carbocycles. The number of rotatable bonds is 12. The van der Waals surface area contributed by atoms with Crippen molar-refractivity contribution in [1.82, 2.24) is 15.1 Å². The Morgan fingerprint density at radius 3 is 1.98 bits per heavy atom. The van der Waals surface area contributed by atoms with E-state index in [4.69, 9.17) is 0 Å². The van der Waals surface area contributed by atoms with Crippen molar-refractivity contribution in [2.75, 3.05) is 37.6 Å². The van der Waals surface area contributed by atoms with Crippen LogP contribution in [0.2, 0.25) is 0 Å². The Morgan fingerprint density at radius 2 is 1.41 bits per heavy atom. The second-order valence-corrected chi connectivity index (χ2v) is 12.8. The maximum atomic E-state index is 13.8. The fraction of sp³-hybridized carbons (Fsp3) is 0.600. The lowest BCUT2D eigenvalue weighted by Gasteiger charge is -2.52. The Hall–Kier alpha value is -2.32. The number of hydrogen-bond donors (Lipinski definition) is 2. The van der Waals surface area contributed by atoms with Crippen molar-refractivity contribution in [3.63, 3.8) is 0 Å². The largest absolute Gasteiger partial charge is 0.390 e. The van der Waals surface area contributed by atoms with Crippen molar-refractivity contribution in [2.45, 2.75) is 101 Å². The molecule has 2 heterocycles. The Morgan fingerprint density at radius 1 is 0.818 bits per heavy atom. The maximum absolute atomic E-state index is 13.8. The highest BCUT2D eigenvalue weighted by Crippen LogP contribution is 2.37. The molecule has 7 nitrogen and oxygen atoms in total. The third-order valence-electron chi connectivity index (χ3n) is 9.84. The number of likely N-dealkylation sites (tertiary alicyclic amines) is 1. The van der Waals surface area contributed by atoms with Gasteiger partial charge in [-0.2, -0.15) is 0 Å². The van der Waals surface area contributed by atoms with E-state index in [1.54, 1.807) is 0 Å². The summed E-state index contributed by atoms with van der Waals surface area (Å²) in [5.74, 6) is 0.000963. The summed E-state index contributed by atoms with van der Waals surface area (Å²) in [4.78, 5) is 34.4. The number of carbonyl (C=O) groups is 2. The number of benzene rings is 2. The molecule has 0 bridgehead atoms. The molecular weight excluding hydrogens is 595 g/mol. The molecule has 1 spiro atoms. The van der Waals surface area contributed by atoms with Gasteiger partial charge in [-0.1, -0.05) is 69.0 Å². The molecular formula is C35H52Cl2N4O3. The lowest BCUT2D eigenvalue weighted by atomic mass is 9.77. The fourth-order valence-corrected chi connectivity index (χ4v) is 7.32. The fourth-order valence-electron chi connectivity index (χ4n) is 7.32. The number of amides is 2. The van der Waals surface area contributed by atoms with E-state index in [0.717, 1.165) is 84.0 Å². The second-order valence-electron chi connectivity index (χ2n) is 12.8. The summed E-state index contributed by atoms with van der Waals surface area (Å²) in [5, 5.41) is 14.3. The van der Waals surface area contributed by atoms with Gasteiger partial charge in [0.1, 0.15) is 11.6 Å². The van der Waals surface area contributed by atoms with Crippen molar-refractivity contribution >= 4 is 48.0 Å². The predicted octanol–water partition coefficient (Wildman–Crippen LogP) is 6.50. The van der Waals surface area contributed by atoms with Gasteiger partial charge >= 0.3 is 0 Å². The molecule has 44 heavy (non-hydrogen) atoms. The highest BCUT2D eigenvalue weighted by molar-refractivity contribution is 6.00. The van der Waals surface area contributed by atoms with Crippen LogP contribution in [0.3, 0.4) is 0 Å². The van der Waals surface area contributed by atoms with Gasteiger partial charge in [-0.05, 0) is 75.8 Å². The van der Waals surface area contributed by atoms with Crippen LogP contribution < -0.4 is 10.2 Å². The number of unbranched alkanes of at least 4 members (excludes halogenated alkanes) is 2. The van der Waals surface area contributed by atoms with Crippen LogP contribution in [0.4, 0.5) is 11.4 Å². The molecule has 5 rings (SSSR count). The highest BCUT2D eigenvalue weighted by atomic mass is 35.5. The van der Waals surface area contributed by atoms with E-state index in [1.165, 1.54) is 11.4 Å². The van der Waals surface area contributed by atoms with Gasteiger partial charge in [0.15, 0.2) is 0 Å². The average Bonchev–Trinajstić information content (AvgIpc) is 3.02. The molecule has 2 aromatic carbocycles. The predicted molar refractivity (Wildman–Crippen MR) is 183 cm³/mol. The molecule has 0 aromatic heterocycles. The van der Waals surface area contributed by atoms with Crippen LogP contribution in [-0.2, 0) is 9.59 Å². The zero-order chi connectivity index (χ0) is 29.4. The lowest BCUT2D eigenvalue weighted by molar-refractivity contribution is -0.163. The molecule has 2 amide bonds. The van der Waals surface area contributed by atoms with Gasteiger partial charge in [0.05, 0.1) is 5.60 Å². The van der Waals surface area contributed by atoms with Crippen molar-refractivity contribution in [1.29, 1.82) is 0 Å². The summed E-state index contributed by atoms with van der Waals surface area (Å²) in [5.41, 5.74) is 0.814. The van der Waals surface area contributed by atoms with Gasteiger partial charge < -0.3 is 25.1 Å². The molecule has 2 saturated heterocycles. The number of anilines is 2. The van der Waals surface area contributed by atoms with Gasteiger partial charge in [0, 0.05) is 44.0 Å². The monoisotopic (exact) mass is 646 g/mol. The summed E-state index contributed by atoms with van der Waals surface area (Å²) in [6.07, 6.45) is 10.2. The van der Waals surface area contributed by atoms with E-state index >= 15 is 0 Å². The normalized spacial score (nSPS) is 21.2. The molecule has 9 heteroatoms. The number of piperazine rings is 1. The number of nitrogens with zero attached hydrogens (tertiary/aromatic N) is 3. The van der Waals surface area contributed by atoms with Crippen molar-refractivity contribution in [3.05, 3.63) is 60.7 Å². The number of halogens is 2. The maximum Gasteiger partial charge on any atom is 0.246 e. The molecule has 3 fully saturated rings. The molecule has 0 radical (unpaired) electrons. The summed E-state index contributed by atoms with van der Waals surface area (Å²) in [6.45, 7) is 6.32. The van der Waals surface area contributed by atoms with E-state index in [2.05, 4.69) is 82.7 Å². The number of carbonyl (C=O) groups excluding carboxylic acids is 2. The van der Waals surface area contributed by atoms with Crippen molar-refractivity contribution < 1.29 is 14.7 Å². The van der Waals surface area contributed by atoms with E-state index < -0.39 is 17.2 Å². The Labute approximate surface area is 276 Å². The number of hydrogen-bond acceptors (Lipinski definition) is 5. The standard InChI is InChI=1S/C35H50N4O3.2ClH/c1-2-3-25-39-32(40)31(28-34(42)19-11-6-12-20-34)36-33(41)35(39)21-26-37(27-22-35)23-13-14-24-38(29-15-7-4-8-16-29)30-17-9-5-10-18-30;;/h4-5,7-10,15-18,31,42H,2-3,6,11-14,19-28H2,1H3,(H,36,41);2*1H/t31-;;/m1../s1. The number of para-hydroxylation sites is 2. The molecule has 3 aliphatic rings. The first-order valence-electron chi connectivity index (χ1n) is 16.4. The van der Waals surface area contributed by atoms with Crippen LogP contribution in [0.15, 0.2) is 60.7 Å². The Kier molecular flexibility index (Phi) is 13.8. The summed E-state index contributed by atoms with van der Waals surface area (Å²) < 4.78 is 0. The molecule has 2 aromatic rings. The zero-order valence-electron chi connectivity index (χ0n) is 26.3. The Bertz CT molecular complexity index is 1120. The molecule has 1 saturated carbocycles. The van der Waals surface area contributed by atoms with E-state index in [9.17, 15) is 14.7 Å². The summed E-state index contributed by atoms with van der Waals surface area (Å²) in [7, 11) is 0. The Balaban J connectivity index is 0.00000264.